The van der Waals surface area contributed by atoms with Crippen molar-refractivity contribution in [2.24, 2.45) is 11.7 Å². The standard InChI is InChI=1S/C14H18ClFN2O.ClH/c15-12-8-11(3-4-13(12)16)14(19)18-7-1-2-10(9-18)5-6-17;/h3-4,8,10H,1-2,5-7,9,17H2;1H. The Balaban J connectivity index is 0.00000200. The Bertz CT molecular complexity index is 468. The zero-order valence-corrected chi connectivity index (χ0v) is 12.7. The summed E-state index contributed by atoms with van der Waals surface area (Å²) in [5.74, 6) is -0.111. The van der Waals surface area contributed by atoms with E-state index in [2.05, 4.69) is 0 Å². The monoisotopic (exact) mass is 320 g/mol. The molecule has 3 nitrogen and oxygen atoms in total. The number of likely N-dealkylation sites (tertiary alicyclic amines) is 1. The van der Waals surface area contributed by atoms with Crippen molar-refractivity contribution >= 4 is 29.9 Å². The third-order valence-corrected chi connectivity index (χ3v) is 3.84. The van der Waals surface area contributed by atoms with E-state index in [4.69, 9.17) is 17.3 Å². The van der Waals surface area contributed by atoms with E-state index in [9.17, 15) is 9.18 Å². The van der Waals surface area contributed by atoms with Crippen LogP contribution in [0.2, 0.25) is 5.02 Å². The maximum atomic E-state index is 13.1. The number of nitrogens with zero attached hydrogens (tertiary/aromatic N) is 1. The van der Waals surface area contributed by atoms with Gasteiger partial charge in [0.05, 0.1) is 5.02 Å². The average Bonchev–Trinajstić information content (AvgIpc) is 2.42. The molecule has 0 radical (unpaired) electrons. The molecule has 0 spiro atoms. The molecule has 6 heteroatoms. The van der Waals surface area contributed by atoms with Crippen LogP contribution in [0.4, 0.5) is 4.39 Å². The highest BCUT2D eigenvalue weighted by atomic mass is 35.5. The number of carbonyl (C=O) groups excluding carboxylic acids is 1. The molecule has 1 aliphatic heterocycles. The first-order valence-electron chi connectivity index (χ1n) is 6.56. The summed E-state index contributed by atoms with van der Waals surface area (Å²) < 4.78 is 13.1. The molecule has 0 bridgehead atoms. The van der Waals surface area contributed by atoms with Crippen molar-refractivity contribution < 1.29 is 9.18 Å². The zero-order chi connectivity index (χ0) is 13.8. The number of hydrogen-bond donors (Lipinski definition) is 1. The zero-order valence-electron chi connectivity index (χ0n) is 11.1. The number of hydrogen-bond acceptors (Lipinski definition) is 2. The first-order chi connectivity index (χ1) is 9.11. The Labute approximate surface area is 129 Å². The van der Waals surface area contributed by atoms with Gasteiger partial charge in [0.25, 0.3) is 5.91 Å². The van der Waals surface area contributed by atoms with Gasteiger partial charge in [-0.3, -0.25) is 4.79 Å². The van der Waals surface area contributed by atoms with Gasteiger partial charge in [-0.25, -0.2) is 4.39 Å². The summed E-state index contributed by atoms with van der Waals surface area (Å²) >= 11 is 5.71. The fraction of sp³-hybridized carbons (Fsp3) is 0.500. The highest BCUT2D eigenvalue weighted by Gasteiger charge is 2.24. The van der Waals surface area contributed by atoms with Crippen LogP contribution in [0.5, 0.6) is 0 Å². The third-order valence-electron chi connectivity index (χ3n) is 3.55. The maximum absolute atomic E-state index is 13.1. The van der Waals surface area contributed by atoms with Crippen LogP contribution in [0.15, 0.2) is 18.2 Å². The molecule has 0 aliphatic carbocycles. The van der Waals surface area contributed by atoms with E-state index in [1.165, 1.54) is 18.2 Å². The minimum Gasteiger partial charge on any atom is -0.338 e. The Morgan fingerprint density at radius 3 is 2.90 bits per heavy atom. The van der Waals surface area contributed by atoms with E-state index in [1.54, 1.807) is 0 Å². The Hall–Kier alpha value is -0.840. The lowest BCUT2D eigenvalue weighted by Crippen LogP contribution is -2.40. The number of piperidine rings is 1. The molecular weight excluding hydrogens is 302 g/mol. The van der Waals surface area contributed by atoms with Crippen molar-refractivity contribution in [3.05, 3.63) is 34.6 Å². The predicted molar refractivity (Wildman–Crippen MR) is 81.0 cm³/mol. The molecule has 0 aromatic heterocycles. The maximum Gasteiger partial charge on any atom is 0.253 e. The molecule has 2 rings (SSSR count). The van der Waals surface area contributed by atoms with E-state index in [-0.39, 0.29) is 23.3 Å². The second-order valence-electron chi connectivity index (χ2n) is 4.97. The lowest BCUT2D eigenvalue weighted by molar-refractivity contribution is 0.0669. The summed E-state index contributed by atoms with van der Waals surface area (Å²) in [6.45, 7) is 2.12. The minimum absolute atomic E-state index is 0. The third kappa shape index (κ3) is 4.08. The number of carbonyl (C=O) groups is 1. The molecule has 0 saturated carbocycles. The quantitative estimate of drug-likeness (QED) is 0.930. The van der Waals surface area contributed by atoms with Crippen molar-refractivity contribution in [1.29, 1.82) is 0 Å². The lowest BCUT2D eigenvalue weighted by Gasteiger charge is -2.32. The SMILES string of the molecule is Cl.NCCC1CCCN(C(=O)c2ccc(F)c(Cl)c2)C1. The van der Waals surface area contributed by atoms with Crippen LogP contribution in [-0.4, -0.2) is 30.4 Å². The molecule has 1 fully saturated rings. The van der Waals surface area contributed by atoms with Gasteiger partial charge in [0.1, 0.15) is 5.82 Å². The van der Waals surface area contributed by atoms with E-state index in [0.717, 1.165) is 32.4 Å². The van der Waals surface area contributed by atoms with Crippen LogP contribution in [0.25, 0.3) is 0 Å². The number of halogens is 3. The fourth-order valence-corrected chi connectivity index (χ4v) is 2.71. The molecule has 112 valence electrons. The summed E-state index contributed by atoms with van der Waals surface area (Å²) in [7, 11) is 0. The van der Waals surface area contributed by atoms with Gasteiger partial charge in [0, 0.05) is 18.7 Å². The van der Waals surface area contributed by atoms with Gasteiger partial charge in [0.2, 0.25) is 0 Å². The molecule has 1 unspecified atom stereocenters. The molecule has 1 aromatic rings. The van der Waals surface area contributed by atoms with E-state index in [0.29, 0.717) is 18.0 Å². The first-order valence-corrected chi connectivity index (χ1v) is 6.94. The second kappa shape index (κ2) is 7.81. The average molecular weight is 321 g/mol. The summed E-state index contributed by atoms with van der Waals surface area (Å²) in [5.41, 5.74) is 6.01. The molecule has 1 saturated heterocycles. The number of rotatable bonds is 3. The van der Waals surface area contributed by atoms with Gasteiger partial charge in [-0.1, -0.05) is 11.6 Å². The molecule has 1 aliphatic rings. The molecule has 20 heavy (non-hydrogen) atoms. The van der Waals surface area contributed by atoms with E-state index in [1.807, 2.05) is 4.90 Å². The molecule has 2 N–H and O–H groups in total. The first kappa shape index (κ1) is 17.2. The van der Waals surface area contributed by atoms with Gasteiger partial charge in [0.15, 0.2) is 0 Å². The molecule has 1 heterocycles. The van der Waals surface area contributed by atoms with Crippen LogP contribution >= 0.6 is 24.0 Å². The predicted octanol–water partition coefficient (Wildman–Crippen LogP) is 3.10. The van der Waals surface area contributed by atoms with E-state index < -0.39 is 5.82 Å². The van der Waals surface area contributed by atoms with Gasteiger partial charge in [-0.2, -0.15) is 0 Å². The van der Waals surface area contributed by atoms with Crippen molar-refractivity contribution in [3.8, 4) is 0 Å². The summed E-state index contributed by atoms with van der Waals surface area (Å²) in [5, 5.41) is -0.0126. The van der Waals surface area contributed by atoms with Gasteiger partial charge in [-0.05, 0) is 49.9 Å². The van der Waals surface area contributed by atoms with E-state index >= 15 is 0 Å². The summed E-state index contributed by atoms with van der Waals surface area (Å²) in [6.07, 6.45) is 3.05. The van der Waals surface area contributed by atoms with Crippen LogP contribution in [0.1, 0.15) is 29.6 Å². The Morgan fingerprint density at radius 2 is 2.25 bits per heavy atom. The van der Waals surface area contributed by atoms with Crippen LogP contribution in [-0.2, 0) is 0 Å². The van der Waals surface area contributed by atoms with Crippen molar-refractivity contribution in [2.45, 2.75) is 19.3 Å². The smallest absolute Gasteiger partial charge is 0.253 e. The number of nitrogens with two attached hydrogens (primary N) is 1. The Kier molecular flexibility index (Phi) is 6.72. The number of amides is 1. The second-order valence-corrected chi connectivity index (χ2v) is 5.37. The van der Waals surface area contributed by atoms with Gasteiger partial charge >= 0.3 is 0 Å². The minimum atomic E-state index is -0.502. The lowest BCUT2D eigenvalue weighted by atomic mass is 9.94. The summed E-state index contributed by atoms with van der Waals surface area (Å²) in [4.78, 5) is 14.1. The molecule has 1 amide bonds. The van der Waals surface area contributed by atoms with Crippen LogP contribution in [0.3, 0.4) is 0 Å². The van der Waals surface area contributed by atoms with Crippen LogP contribution in [0, 0.1) is 11.7 Å². The topological polar surface area (TPSA) is 46.3 Å². The largest absolute Gasteiger partial charge is 0.338 e. The van der Waals surface area contributed by atoms with Crippen LogP contribution < -0.4 is 5.73 Å². The molecule has 1 atom stereocenters. The Morgan fingerprint density at radius 1 is 1.50 bits per heavy atom. The van der Waals surface area contributed by atoms with Crippen molar-refractivity contribution in [2.75, 3.05) is 19.6 Å². The number of benzene rings is 1. The summed E-state index contributed by atoms with van der Waals surface area (Å²) in [6, 6.07) is 4.11. The molecule has 1 aromatic carbocycles. The highest BCUT2D eigenvalue weighted by molar-refractivity contribution is 6.31. The van der Waals surface area contributed by atoms with Gasteiger partial charge < -0.3 is 10.6 Å². The van der Waals surface area contributed by atoms with Crippen molar-refractivity contribution in [1.82, 2.24) is 4.90 Å². The normalized spacial score (nSPS) is 18.6. The van der Waals surface area contributed by atoms with Gasteiger partial charge in [-0.15, -0.1) is 12.4 Å². The fourth-order valence-electron chi connectivity index (χ4n) is 2.53. The molecular formula is C14H19Cl2FN2O. The van der Waals surface area contributed by atoms with Crippen molar-refractivity contribution in [3.63, 3.8) is 0 Å². The highest BCUT2D eigenvalue weighted by Crippen LogP contribution is 2.22.